The van der Waals surface area contributed by atoms with Gasteiger partial charge in [0.2, 0.25) is 0 Å². The Hall–Kier alpha value is -0.650. The van der Waals surface area contributed by atoms with Crippen LogP contribution in [0.5, 0.6) is 0 Å². The van der Waals surface area contributed by atoms with Gasteiger partial charge in [-0.25, -0.2) is 4.39 Å². The lowest BCUT2D eigenvalue weighted by Gasteiger charge is -2.03. The average molecular weight is 322 g/mol. The number of hydrogen-bond donors (Lipinski definition) is 0. The third-order valence-corrected chi connectivity index (χ3v) is 2.78. The molecular weight excluding hydrogens is 310 g/mol. The summed E-state index contributed by atoms with van der Waals surface area (Å²) >= 11 is 1.93. The SMILES string of the molecule is CCOC(=O)CCc1ccc(I)c(F)c1. The zero-order valence-electron chi connectivity index (χ0n) is 8.43. The van der Waals surface area contributed by atoms with Crippen molar-refractivity contribution in [3.05, 3.63) is 33.1 Å². The maximum atomic E-state index is 13.1. The number of benzene rings is 1. The van der Waals surface area contributed by atoms with Gasteiger partial charge in [0.15, 0.2) is 0 Å². The molecule has 0 bridgehead atoms. The molecule has 0 fully saturated rings. The first-order chi connectivity index (χ1) is 7.13. The first-order valence-corrected chi connectivity index (χ1v) is 5.81. The molecule has 0 atom stereocenters. The van der Waals surface area contributed by atoms with E-state index in [0.29, 0.717) is 23.0 Å². The highest BCUT2D eigenvalue weighted by Gasteiger charge is 2.04. The largest absolute Gasteiger partial charge is 0.466 e. The van der Waals surface area contributed by atoms with Crippen molar-refractivity contribution in [2.45, 2.75) is 19.8 Å². The molecule has 0 spiro atoms. The van der Waals surface area contributed by atoms with Crippen LogP contribution >= 0.6 is 22.6 Å². The summed E-state index contributed by atoms with van der Waals surface area (Å²) in [6.07, 6.45) is 0.820. The van der Waals surface area contributed by atoms with Crippen LogP contribution in [0.3, 0.4) is 0 Å². The van der Waals surface area contributed by atoms with Crippen molar-refractivity contribution in [1.82, 2.24) is 0 Å². The summed E-state index contributed by atoms with van der Waals surface area (Å²) in [5.74, 6) is -0.478. The van der Waals surface area contributed by atoms with Gasteiger partial charge in [0, 0.05) is 9.99 Å². The van der Waals surface area contributed by atoms with Crippen LogP contribution in [0.25, 0.3) is 0 Å². The molecule has 4 heteroatoms. The summed E-state index contributed by atoms with van der Waals surface area (Å²) < 4.78 is 18.5. The van der Waals surface area contributed by atoms with Gasteiger partial charge in [-0.05, 0) is 53.6 Å². The zero-order chi connectivity index (χ0) is 11.3. The molecule has 2 nitrogen and oxygen atoms in total. The summed E-state index contributed by atoms with van der Waals surface area (Å²) in [4.78, 5) is 11.1. The Labute approximate surface area is 102 Å². The third kappa shape index (κ3) is 4.15. The lowest BCUT2D eigenvalue weighted by Crippen LogP contribution is -2.05. The van der Waals surface area contributed by atoms with Gasteiger partial charge in [0.25, 0.3) is 0 Å². The molecule has 15 heavy (non-hydrogen) atoms. The van der Waals surface area contributed by atoms with Crippen molar-refractivity contribution in [1.29, 1.82) is 0 Å². The third-order valence-electron chi connectivity index (χ3n) is 1.91. The molecule has 1 aromatic rings. The minimum absolute atomic E-state index is 0.239. The summed E-state index contributed by atoms with van der Waals surface area (Å²) in [5.41, 5.74) is 0.820. The van der Waals surface area contributed by atoms with Crippen molar-refractivity contribution in [3.63, 3.8) is 0 Å². The van der Waals surface area contributed by atoms with E-state index in [-0.39, 0.29) is 11.8 Å². The first kappa shape index (κ1) is 12.4. The van der Waals surface area contributed by atoms with Gasteiger partial charge in [-0.2, -0.15) is 0 Å². The quantitative estimate of drug-likeness (QED) is 0.629. The number of esters is 1. The van der Waals surface area contributed by atoms with E-state index in [2.05, 4.69) is 0 Å². The van der Waals surface area contributed by atoms with Gasteiger partial charge in [0.05, 0.1) is 6.61 Å². The maximum absolute atomic E-state index is 13.1. The molecule has 1 aromatic carbocycles. The van der Waals surface area contributed by atoms with Crippen LogP contribution in [0.1, 0.15) is 18.9 Å². The number of ether oxygens (including phenoxy) is 1. The maximum Gasteiger partial charge on any atom is 0.306 e. The molecule has 1 rings (SSSR count). The second kappa shape index (κ2) is 6.05. The molecule has 0 radical (unpaired) electrons. The van der Waals surface area contributed by atoms with Crippen LogP contribution < -0.4 is 0 Å². The molecule has 0 aromatic heterocycles. The number of carbonyl (C=O) groups excluding carboxylic acids is 1. The van der Waals surface area contributed by atoms with E-state index in [1.165, 1.54) is 6.07 Å². The molecule has 0 aliphatic heterocycles. The standard InChI is InChI=1S/C11H12FIO2/c1-2-15-11(14)6-4-8-3-5-10(13)9(12)7-8/h3,5,7H,2,4,6H2,1H3. The van der Waals surface area contributed by atoms with Crippen molar-refractivity contribution in [2.75, 3.05) is 6.61 Å². The van der Waals surface area contributed by atoms with E-state index in [9.17, 15) is 9.18 Å². The normalized spacial score (nSPS) is 10.1. The van der Waals surface area contributed by atoms with Gasteiger partial charge < -0.3 is 4.74 Å². The molecular formula is C11H12FIO2. The lowest BCUT2D eigenvalue weighted by molar-refractivity contribution is -0.143. The summed E-state index contributed by atoms with van der Waals surface area (Å²) in [5, 5.41) is 0. The van der Waals surface area contributed by atoms with E-state index in [1.54, 1.807) is 13.0 Å². The van der Waals surface area contributed by atoms with E-state index < -0.39 is 0 Å². The minimum atomic E-state index is -0.239. The Morgan fingerprint density at radius 1 is 1.53 bits per heavy atom. The van der Waals surface area contributed by atoms with E-state index in [0.717, 1.165) is 5.56 Å². The average Bonchev–Trinajstić information content (AvgIpc) is 2.20. The van der Waals surface area contributed by atoms with Gasteiger partial charge in [0.1, 0.15) is 5.82 Å². The van der Waals surface area contributed by atoms with E-state index in [4.69, 9.17) is 4.74 Å². The predicted octanol–water partition coefficient (Wildman–Crippen LogP) is 2.93. The number of carbonyl (C=O) groups is 1. The fraction of sp³-hybridized carbons (Fsp3) is 0.364. The monoisotopic (exact) mass is 322 g/mol. The molecule has 82 valence electrons. The van der Waals surface area contributed by atoms with Gasteiger partial charge in [-0.1, -0.05) is 6.07 Å². The van der Waals surface area contributed by atoms with Crippen LogP contribution in [-0.4, -0.2) is 12.6 Å². The fourth-order valence-electron chi connectivity index (χ4n) is 1.17. The van der Waals surface area contributed by atoms with Crippen molar-refractivity contribution < 1.29 is 13.9 Å². The highest BCUT2D eigenvalue weighted by Crippen LogP contribution is 2.13. The zero-order valence-corrected chi connectivity index (χ0v) is 10.6. The van der Waals surface area contributed by atoms with E-state index in [1.807, 2.05) is 28.7 Å². The smallest absolute Gasteiger partial charge is 0.306 e. The summed E-state index contributed by atoms with van der Waals surface area (Å²) in [6.45, 7) is 2.16. The van der Waals surface area contributed by atoms with Gasteiger partial charge in [-0.3, -0.25) is 4.79 Å². The Morgan fingerprint density at radius 2 is 2.27 bits per heavy atom. The van der Waals surface area contributed by atoms with Crippen LogP contribution in [0.4, 0.5) is 4.39 Å². The molecule has 0 heterocycles. The predicted molar refractivity (Wildman–Crippen MR) is 64.1 cm³/mol. The number of rotatable bonds is 4. The Morgan fingerprint density at radius 3 is 2.87 bits per heavy atom. The van der Waals surface area contributed by atoms with E-state index >= 15 is 0 Å². The van der Waals surface area contributed by atoms with Crippen molar-refractivity contribution in [3.8, 4) is 0 Å². The minimum Gasteiger partial charge on any atom is -0.466 e. The molecule has 0 amide bonds. The van der Waals surface area contributed by atoms with Gasteiger partial charge >= 0.3 is 5.97 Å². The summed E-state index contributed by atoms with van der Waals surface area (Å²) in [6, 6.07) is 4.99. The number of aryl methyl sites for hydroxylation is 1. The lowest BCUT2D eigenvalue weighted by atomic mass is 10.1. The topological polar surface area (TPSA) is 26.3 Å². The molecule has 0 saturated carbocycles. The first-order valence-electron chi connectivity index (χ1n) is 4.73. The van der Waals surface area contributed by atoms with Crippen LogP contribution in [-0.2, 0) is 16.0 Å². The second-order valence-corrected chi connectivity index (χ2v) is 4.22. The summed E-state index contributed by atoms with van der Waals surface area (Å²) in [7, 11) is 0. The Balaban J connectivity index is 2.51. The fourth-order valence-corrected chi connectivity index (χ4v) is 1.51. The number of hydrogen-bond acceptors (Lipinski definition) is 2. The molecule has 0 aliphatic rings. The van der Waals surface area contributed by atoms with Crippen molar-refractivity contribution >= 4 is 28.6 Å². The number of halogens is 2. The Bertz CT molecular complexity index is 352. The van der Waals surface area contributed by atoms with Crippen molar-refractivity contribution in [2.24, 2.45) is 0 Å². The molecule has 0 unspecified atom stereocenters. The molecule has 0 N–H and O–H groups in total. The molecule has 0 aliphatic carbocycles. The van der Waals surface area contributed by atoms with Crippen LogP contribution in [0.15, 0.2) is 18.2 Å². The van der Waals surface area contributed by atoms with Crippen LogP contribution in [0, 0.1) is 9.39 Å². The Kier molecular flexibility index (Phi) is 5.01. The highest BCUT2D eigenvalue weighted by atomic mass is 127. The van der Waals surface area contributed by atoms with Crippen LogP contribution in [0.2, 0.25) is 0 Å². The molecule has 0 saturated heterocycles. The highest BCUT2D eigenvalue weighted by molar-refractivity contribution is 14.1. The second-order valence-electron chi connectivity index (χ2n) is 3.05. The van der Waals surface area contributed by atoms with Gasteiger partial charge in [-0.15, -0.1) is 0 Å².